The largest absolute Gasteiger partial charge is 0.487 e. The van der Waals surface area contributed by atoms with Crippen molar-refractivity contribution in [1.82, 2.24) is 16.0 Å². The molecule has 0 bridgehead atoms. The minimum Gasteiger partial charge on any atom is -0.487 e. The zero-order chi connectivity index (χ0) is 21.6. The van der Waals surface area contributed by atoms with E-state index >= 15 is 0 Å². The van der Waals surface area contributed by atoms with E-state index in [4.69, 9.17) is 9.73 Å². The Bertz CT molecular complexity index is 908. The van der Waals surface area contributed by atoms with Gasteiger partial charge in [-0.15, -0.1) is 0 Å². The summed E-state index contributed by atoms with van der Waals surface area (Å²) < 4.78 is 6.14. The average molecular weight is 409 g/mol. The van der Waals surface area contributed by atoms with Crippen LogP contribution in [0.3, 0.4) is 0 Å². The standard InChI is InChI=1S/C24H32N4O2/c1-5-26-23(27-14-13-17-9-8-10-18(15-17)22(29)25-4)28-20-16-24(2,3)30-21-12-7-6-11-19(20)21/h6-12,15,20H,5,13-14,16H2,1-4H3,(H,25,29)(H2,26,27,28). The molecule has 0 spiro atoms. The van der Waals surface area contributed by atoms with Gasteiger partial charge in [0, 0.05) is 37.7 Å². The van der Waals surface area contributed by atoms with E-state index in [0.29, 0.717) is 12.1 Å². The third-order valence-corrected chi connectivity index (χ3v) is 5.12. The van der Waals surface area contributed by atoms with E-state index < -0.39 is 0 Å². The molecule has 3 rings (SSSR count). The summed E-state index contributed by atoms with van der Waals surface area (Å²) in [5.74, 6) is 1.64. The van der Waals surface area contributed by atoms with E-state index in [1.165, 1.54) is 0 Å². The highest BCUT2D eigenvalue weighted by Crippen LogP contribution is 2.39. The number of ether oxygens (including phenoxy) is 1. The van der Waals surface area contributed by atoms with E-state index in [1.54, 1.807) is 7.05 Å². The number of carbonyl (C=O) groups excluding carboxylic acids is 1. The van der Waals surface area contributed by atoms with Crippen LogP contribution in [0.25, 0.3) is 0 Å². The van der Waals surface area contributed by atoms with Crippen molar-refractivity contribution in [2.45, 2.75) is 45.3 Å². The maximum absolute atomic E-state index is 11.8. The summed E-state index contributed by atoms with van der Waals surface area (Å²) in [5.41, 5.74) is 2.67. The van der Waals surface area contributed by atoms with Gasteiger partial charge in [-0.1, -0.05) is 30.3 Å². The number of nitrogens with zero attached hydrogens (tertiary/aromatic N) is 1. The highest BCUT2D eigenvalue weighted by molar-refractivity contribution is 5.94. The van der Waals surface area contributed by atoms with Gasteiger partial charge in [0.1, 0.15) is 11.4 Å². The Balaban J connectivity index is 1.70. The molecule has 1 aliphatic rings. The molecule has 0 fully saturated rings. The van der Waals surface area contributed by atoms with Crippen molar-refractivity contribution >= 4 is 11.9 Å². The van der Waals surface area contributed by atoms with E-state index in [-0.39, 0.29) is 17.6 Å². The lowest BCUT2D eigenvalue weighted by Gasteiger charge is -2.38. The molecule has 0 aromatic heterocycles. The fourth-order valence-electron chi connectivity index (χ4n) is 3.73. The molecule has 30 heavy (non-hydrogen) atoms. The Morgan fingerprint density at radius 1 is 1.20 bits per heavy atom. The number of guanidine groups is 1. The minimum atomic E-state index is -0.246. The first-order valence-corrected chi connectivity index (χ1v) is 10.6. The number of aliphatic imine (C=N–C) groups is 1. The molecule has 1 unspecified atom stereocenters. The van der Waals surface area contributed by atoms with Gasteiger partial charge in [0.15, 0.2) is 5.96 Å². The molecule has 6 nitrogen and oxygen atoms in total. The summed E-state index contributed by atoms with van der Waals surface area (Å²) in [6.07, 6.45) is 1.61. The molecule has 0 radical (unpaired) electrons. The van der Waals surface area contributed by atoms with Crippen molar-refractivity contribution in [3.63, 3.8) is 0 Å². The van der Waals surface area contributed by atoms with E-state index in [1.807, 2.05) is 42.5 Å². The van der Waals surface area contributed by atoms with Crippen molar-refractivity contribution in [3.8, 4) is 5.75 Å². The van der Waals surface area contributed by atoms with Gasteiger partial charge < -0.3 is 20.7 Å². The Hall–Kier alpha value is -3.02. The van der Waals surface area contributed by atoms with Gasteiger partial charge in [-0.2, -0.15) is 0 Å². The summed E-state index contributed by atoms with van der Waals surface area (Å²) in [6.45, 7) is 7.70. The van der Waals surface area contributed by atoms with Gasteiger partial charge in [0.25, 0.3) is 5.91 Å². The van der Waals surface area contributed by atoms with Crippen LogP contribution >= 0.6 is 0 Å². The van der Waals surface area contributed by atoms with Crippen LogP contribution in [0.1, 0.15) is 54.7 Å². The van der Waals surface area contributed by atoms with Crippen LogP contribution in [0.2, 0.25) is 0 Å². The lowest BCUT2D eigenvalue weighted by Crippen LogP contribution is -2.45. The van der Waals surface area contributed by atoms with E-state index in [0.717, 1.165) is 42.2 Å². The van der Waals surface area contributed by atoms with Crippen molar-refractivity contribution in [2.24, 2.45) is 4.99 Å². The topological polar surface area (TPSA) is 74.8 Å². The number of benzene rings is 2. The van der Waals surface area contributed by atoms with E-state index in [2.05, 4.69) is 42.8 Å². The quantitative estimate of drug-likeness (QED) is 0.506. The van der Waals surface area contributed by atoms with Gasteiger partial charge in [-0.25, -0.2) is 0 Å². The van der Waals surface area contributed by atoms with E-state index in [9.17, 15) is 4.79 Å². The lowest BCUT2D eigenvalue weighted by atomic mass is 9.90. The van der Waals surface area contributed by atoms with Gasteiger partial charge in [0.2, 0.25) is 0 Å². The predicted octanol–water partition coefficient (Wildman–Crippen LogP) is 3.45. The molecule has 1 aliphatic heterocycles. The maximum atomic E-state index is 11.8. The third-order valence-electron chi connectivity index (χ3n) is 5.12. The number of hydrogen-bond acceptors (Lipinski definition) is 3. The van der Waals surface area contributed by atoms with Crippen LogP contribution in [-0.4, -0.2) is 37.6 Å². The van der Waals surface area contributed by atoms with Gasteiger partial charge >= 0.3 is 0 Å². The third kappa shape index (κ3) is 5.53. The molecule has 1 amide bonds. The number of carbonyl (C=O) groups is 1. The summed E-state index contributed by atoms with van der Waals surface area (Å²) in [6, 6.07) is 16.0. The van der Waals surface area contributed by atoms with Gasteiger partial charge in [0.05, 0.1) is 6.04 Å². The Kier molecular flexibility index (Phi) is 6.98. The van der Waals surface area contributed by atoms with Crippen molar-refractivity contribution in [3.05, 3.63) is 65.2 Å². The van der Waals surface area contributed by atoms with Crippen LogP contribution in [0.5, 0.6) is 5.75 Å². The number of fused-ring (bicyclic) bond motifs is 1. The molecule has 6 heteroatoms. The monoisotopic (exact) mass is 408 g/mol. The Morgan fingerprint density at radius 2 is 2.00 bits per heavy atom. The van der Waals surface area contributed by atoms with Crippen LogP contribution in [0, 0.1) is 0 Å². The first-order chi connectivity index (χ1) is 14.4. The SMILES string of the molecule is CCNC(=NCCc1cccc(C(=O)NC)c1)NC1CC(C)(C)Oc2ccccc21. The predicted molar refractivity (Wildman–Crippen MR) is 121 cm³/mol. The first-order valence-electron chi connectivity index (χ1n) is 10.6. The molecule has 1 atom stereocenters. The second kappa shape index (κ2) is 9.65. The van der Waals surface area contributed by atoms with Crippen molar-refractivity contribution in [1.29, 1.82) is 0 Å². The summed E-state index contributed by atoms with van der Waals surface area (Å²) in [7, 11) is 1.64. The smallest absolute Gasteiger partial charge is 0.251 e. The highest BCUT2D eigenvalue weighted by atomic mass is 16.5. The average Bonchev–Trinajstić information content (AvgIpc) is 2.72. The first kappa shape index (κ1) is 21.7. The number of hydrogen-bond donors (Lipinski definition) is 3. The molecule has 0 aliphatic carbocycles. The molecule has 160 valence electrons. The zero-order valence-electron chi connectivity index (χ0n) is 18.3. The zero-order valence-corrected chi connectivity index (χ0v) is 18.3. The Labute approximate surface area is 179 Å². The second-order valence-corrected chi connectivity index (χ2v) is 8.09. The maximum Gasteiger partial charge on any atom is 0.251 e. The van der Waals surface area contributed by atoms with Crippen LogP contribution in [-0.2, 0) is 6.42 Å². The van der Waals surface area contributed by atoms with Gasteiger partial charge in [-0.05, 0) is 51.0 Å². The number of rotatable bonds is 6. The molecular weight excluding hydrogens is 376 g/mol. The fraction of sp³-hybridized carbons (Fsp3) is 0.417. The summed E-state index contributed by atoms with van der Waals surface area (Å²) in [5, 5.41) is 9.60. The molecular formula is C24H32N4O2. The van der Waals surface area contributed by atoms with Crippen LogP contribution < -0.4 is 20.7 Å². The van der Waals surface area contributed by atoms with Crippen LogP contribution in [0.15, 0.2) is 53.5 Å². The normalized spacial score (nSPS) is 17.5. The Morgan fingerprint density at radius 3 is 2.77 bits per heavy atom. The highest BCUT2D eigenvalue weighted by Gasteiger charge is 2.33. The fourth-order valence-corrected chi connectivity index (χ4v) is 3.73. The lowest BCUT2D eigenvalue weighted by molar-refractivity contribution is 0.0694. The van der Waals surface area contributed by atoms with Crippen LogP contribution in [0.4, 0.5) is 0 Å². The molecule has 0 saturated carbocycles. The summed E-state index contributed by atoms with van der Waals surface area (Å²) >= 11 is 0. The second-order valence-electron chi connectivity index (χ2n) is 8.09. The number of nitrogens with one attached hydrogen (secondary N) is 3. The van der Waals surface area contributed by atoms with Crippen molar-refractivity contribution < 1.29 is 9.53 Å². The minimum absolute atomic E-state index is 0.0730. The number of para-hydroxylation sites is 1. The van der Waals surface area contributed by atoms with Crippen molar-refractivity contribution in [2.75, 3.05) is 20.1 Å². The molecule has 2 aromatic rings. The molecule has 0 saturated heterocycles. The van der Waals surface area contributed by atoms with Gasteiger partial charge in [-0.3, -0.25) is 9.79 Å². The molecule has 1 heterocycles. The molecule has 3 N–H and O–H groups in total. The summed E-state index contributed by atoms with van der Waals surface area (Å²) in [4.78, 5) is 16.6. The number of amides is 1. The molecule has 2 aromatic carbocycles.